The molecule has 3 aliphatic rings. The van der Waals surface area contributed by atoms with Crippen molar-refractivity contribution in [2.75, 3.05) is 52.4 Å². The average Bonchev–Trinajstić information content (AvgIpc) is 2.53. The topological polar surface area (TPSA) is 390 Å². The summed E-state index contributed by atoms with van der Waals surface area (Å²) in [5.41, 5.74) is 0. The van der Waals surface area contributed by atoms with Crippen LogP contribution in [0, 0.1) is 0 Å². The molecule has 0 aliphatic carbocycles. The van der Waals surface area contributed by atoms with E-state index >= 15 is 0 Å². The van der Waals surface area contributed by atoms with E-state index in [-0.39, 0.29) is 21.9 Å². The van der Waals surface area contributed by atoms with Crippen LogP contribution in [-0.2, 0) is 35.5 Å². The third-order valence-corrected chi connectivity index (χ3v) is 9.50. The van der Waals surface area contributed by atoms with Crippen molar-refractivity contribution in [3.8, 4) is 0 Å². The smallest absolute Gasteiger partial charge is 0.280 e. The summed E-state index contributed by atoms with van der Waals surface area (Å²) < 4.78 is 54.5. The van der Waals surface area contributed by atoms with Gasteiger partial charge in [-0.15, -0.1) is 0 Å². The van der Waals surface area contributed by atoms with Crippen molar-refractivity contribution in [1.29, 1.82) is 0 Å². The first-order valence-electron chi connectivity index (χ1n) is 8.19. The maximum atomic E-state index is 10.6. The summed E-state index contributed by atoms with van der Waals surface area (Å²) in [6.07, 6.45) is 0. The van der Waals surface area contributed by atoms with E-state index in [4.69, 9.17) is 0 Å². The minimum absolute atomic E-state index is 0. The normalized spacial score (nSPS) is 36.6. The zero-order valence-electron chi connectivity index (χ0n) is 16.7. The average molecular weight is 564 g/mol. The van der Waals surface area contributed by atoms with Gasteiger partial charge in [0.05, 0.1) is 0 Å². The number of rotatable bonds is 0. The van der Waals surface area contributed by atoms with Crippen LogP contribution in [-0.4, -0.2) is 74.3 Å². The number of quaternary nitrogens is 4. The lowest BCUT2D eigenvalue weighted by Crippen LogP contribution is -3.04. The van der Waals surface area contributed by atoms with Gasteiger partial charge in [0.2, 0.25) is 0 Å². The zero-order chi connectivity index (χ0) is 21.3. The van der Waals surface area contributed by atoms with E-state index in [9.17, 15) is 37.8 Å². The number of phosphoric acid groups is 4. The fraction of sp³-hybridized carbons (Fsp3) is 1.00. The number of nitrogens with two attached hydrogens (primary N) is 4. The van der Waals surface area contributed by atoms with Crippen molar-refractivity contribution in [3.63, 3.8) is 0 Å². The molecule has 32 heavy (non-hydrogen) atoms. The van der Waals surface area contributed by atoms with Crippen molar-refractivity contribution in [3.05, 3.63) is 0 Å². The minimum Gasteiger partial charge on any atom is -0.756 e. The predicted molar refractivity (Wildman–Crippen MR) is 95.9 cm³/mol. The molecular weight excluding hydrogens is 532 g/mol. The maximum Gasteiger partial charge on any atom is 0.280 e. The highest BCUT2D eigenvalue weighted by Gasteiger charge is 2.35. The van der Waals surface area contributed by atoms with Gasteiger partial charge in [0.15, 0.2) is 0 Å². The standard InChI is InChI=1S/2C4H10N2.H4O12P4.4H2O/c2*1-2-6-4-3-5-1;1-13(2)9-14(3,4)11-16(7,8)12-15(5,6)10-13;;;;/h2*5-6H,1-4H2;(H,1,2)(H,3,4)(H,5,6)(H,7,8);4*1H2. The van der Waals surface area contributed by atoms with E-state index in [2.05, 4.69) is 38.5 Å². The summed E-state index contributed by atoms with van der Waals surface area (Å²) in [5.74, 6) is 0. The van der Waals surface area contributed by atoms with E-state index in [0.29, 0.717) is 0 Å². The molecule has 0 atom stereocenters. The molecular formula is C8H32N4O16P4. The van der Waals surface area contributed by atoms with Gasteiger partial charge in [-0.05, 0) is 0 Å². The monoisotopic (exact) mass is 564 g/mol. The van der Waals surface area contributed by atoms with Gasteiger partial charge in [0.25, 0.3) is 31.3 Å². The van der Waals surface area contributed by atoms with E-state index in [1.165, 1.54) is 52.4 Å². The highest BCUT2D eigenvalue weighted by Crippen LogP contribution is 2.73. The van der Waals surface area contributed by atoms with Crippen molar-refractivity contribution in [2.45, 2.75) is 0 Å². The lowest BCUT2D eigenvalue weighted by Gasteiger charge is -2.41. The Morgan fingerprint density at radius 3 is 0.625 bits per heavy atom. The molecule has 3 saturated heterocycles. The van der Waals surface area contributed by atoms with Gasteiger partial charge >= 0.3 is 0 Å². The Hall–Kier alpha value is 0.280. The van der Waals surface area contributed by atoms with Gasteiger partial charge in [-0.25, -0.2) is 17.2 Å². The van der Waals surface area contributed by atoms with E-state index in [1.807, 2.05) is 0 Å². The molecule has 0 aromatic heterocycles. The molecule has 0 aromatic rings. The van der Waals surface area contributed by atoms with Crippen LogP contribution in [0.2, 0.25) is 0 Å². The molecule has 0 radical (unpaired) electrons. The Balaban J connectivity index is -0.000000205. The molecule has 20 nitrogen and oxygen atoms in total. The molecule has 16 N–H and O–H groups in total. The first-order valence-corrected chi connectivity index (χ1v) is 14.0. The van der Waals surface area contributed by atoms with Crippen molar-refractivity contribution in [1.82, 2.24) is 0 Å². The lowest BCUT2D eigenvalue weighted by atomic mass is 10.4. The summed E-state index contributed by atoms with van der Waals surface area (Å²) in [4.78, 5) is 42.2. The molecule has 3 aliphatic heterocycles. The molecule has 200 valence electrons. The molecule has 0 bridgehead atoms. The minimum atomic E-state index is -5.87. The van der Waals surface area contributed by atoms with Gasteiger partial charge < -0.3 is 62.7 Å². The van der Waals surface area contributed by atoms with E-state index in [1.54, 1.807) is 0 Å². The summed E-state index contributed by atoms with van der Waals surface area (Å²) >= 11 is 0. The van der Waals surface area contributed by atoms with E-state index in [0.717, 1.165) is 0 Å². The second-order valence-corrected chi connectivity index (χ2v) is 11.8. The van der Waals surface area contributed by atoms with Crippen molar-refractivity contribution >= 4 is 31.3 Å². The van der Waals surface area contributed by atoms with Gasteiger partial charge in [0.1, 0.15) is 52.4 Å². The maximum absolute atomic E-state index is 10.6. The second kappa shape index (κ2) is 17.7. The lowest BCUT2D eigenvalue weighted by molar-refractivity contribution is -0.787. The van der Waals surface area contributed by atoms with Crippen LogP contribution >= 0.6 is 31.3 Å². The molecule has 3 heterocycles. The van der Waals surface area contributed by atoms with Crippen molar-refractivity contribution < 1.29 is 98.2 Å². The van der Waals surface area contributed by atoms with Crippen LogP contribution in [0.4, 0.5) is 0 Å². The highest BCUT2D eigenvalue weighted by atomic mass is 31.3. The van der Waals surface area contributed by atoms with E-state index < -0.39 is 31.3 Å². The van der Waals surface area contributed by atoms with Gasteiger partial charge in [-0.1, -0.05) is 0 Å². The Bertz CT molecular complexity index is 527. The van der Waals surface area contributed by atoms with Gasteiger partial charge in [-0.3, -0.25) is 18.3 Å². The fourth-order valence-electron chi connectivity index (χ4n) is 2.07. The Kier molecular flexibility index (Phi) is 21.8. The van der Waals surface area contributed by atoms with Crippen LogP contribution in [0.25, 0.3) is 0 Å². The van der Waals surface area contributed by atoms with Crippen LogP contribution in [0.5, 0.6) is 0 Å². The molecule has 3 fully saturated rings. The first kappa shape index (κ1) is 39.5. The molecule has 0 spiro atoms. The first-order chi connectivity index (χ1) is 12.8. The Labute approximate surface area is 182 Å². The second-order valence-electron chi connectivity index (χ2n) is 5.58. The summed E-state index contributed by atoms with van der Waals surface area (Å²) in [6, 6.07) is 0. The van der Waals surface area contributed by atoms with Crippen LogP contribution in [0.1, 0.15) is 0 Å². The van der Waals surface area contributed by atoms with Crippen LogP contribution in [0.3, 0.4) is 0 Å². The molecule has 0 unspecified atom stereocenters. The van der Waals surface area contributed by atoms with Gasteiger partial charge in [0, 0.05) is 0 Å². The molecule has 0 saturated carbocycles. The molecule has 24 heteroatoms. The summed E-state index contributed by atoms with van der Waals surface area (Å²) in [6.45, 7) is 10.6. The predicted octanol–water partition coefficient (Wildman–Crippen LogP) is -11.1. The third kappa shape index (κ3) is 19.7. The summed E-state index contributed by atoms with van der Waals surface area (Å²) in [7, 11) is -23.5. The highest BCUT2D eigenvalue weighted by molar-refractivity contribution is 7.73. The van der Waals surface area contributed by atoms with Crippen LogP contribution in [0.15, 0.2) is 0 Å². The zero-order valence-corrected chi connectivity index (χ0v) is 20.2. The number of hydrogen-bond donors (Lipinski definition) is 4. The van der Waals surface area contributed by atoms with Crippen molar-refractivity contribution in [2.24, 2.45) is 0 Å². The SMILES string of the molecule is C1C[NH2+]CC[NH2+]1.C1C[NH2+]CC[NH2+]1.O.O.O.O.O=P1([O-])OP(=O)([O-])OP(=O)([O-])OP(=O)([O-])O1. The third-order valence-electron chi connectivity index (χ3n) is 3.10. The van der Waals surface area contributed by atoms with Gasteiger partial charge in [-0.2, -0.15) is 0 Å². The number of piperazine rings is 2. The van der Waals surface area contributed by atoms with Crippen LogP contribution < -0.4 is 40.8 Å². The molecule has 0 amide bonds. The Morgan fingerprint density at radius 1 is 0.406 bits per heavy atom. The Morgan fingerprint density at radius 2 is 0.531 bits per heavy atom. The molecule has 0 aromatic carbocycles. The fourth-order valence-corrected chi connectivity index (χ4v) is 7.54. The quantitative estimate of drug-likeness (QED) is 0.199. The number of hydrogen-bond acceptors (Lipinski definition) is 12. The molecule has 3 rings (SSSR count). The largest absolute Gasteiger partial charge is 0.756 e. The summed E-state index contributed by atoms with van der Waals surface area (Å²) in [5, 5.41) is 9.44.